The minimum Gasteiger partial charge on any atom is -0.300 e. The van der Waals surface area contributed by atoms with E-state index in [4.69, 9.17) is 0 Å². The van der Waals surface area contributed by atoms with E-state index in [0.717, 1.165) is 12.8 Å². The first-order valence-corrected chi connectivity index (χ1v) is 3.85. The van der Waals surface area contributed by atoms with E-state index in [1.807, 2.05) is 0 Å². The van der Waals surface area contributed by atoms with Crippen molar-refractivity contribution in [2.45, 2.75) is 38.8 Å². The van der Waals surface area contributed by atoms with Gasteiger partial charge in [-0.15, -0.1) is 0 Å². The van der Waals surface area contributed by atoms with Crippen molar-refractivity contribution in [1.29, 1.82) is 0 Å². The van der Waals surface area contributed by atoms with Crippen molar-refractivity contribution in [3.63, 3.8) is 0 Å². The summed E-state index contributed by atoms with van der Waals surface area (Å²) in [6, 6.07) is 0.882. The van der Waals surface area contributed by atoms with E-state index in [1.165, 1.54) is 0 Å². The predicted molar refractivity (Wildman–Crippen MR) is 40.9 cm³/mol. The Morgan fingerprint density at radius 1 is 1.30 bits per heavy atom. The first-order chi connectivity index (χ1) is 4.61. The van der Waals surface area contributed by atoms with Gasteiger partial charge >= 0.3 is 0 Å². The molecule has 2 heteroatoms. The second-order valence-corrected chi connectivity index (χ2v) is 3.31. The second-order valence-electron chi connectivity index (χ2n) is 3.31. The van der Waals surface area contributed by atoms with Crippen molar-refractivity contribution in [2.75, 3.05) is 7.05 Å². The zero-order chi connectivity index (χ0) is 7.72. The van der Waals surface area contributed by atoms with Gasteiger partial charge in [-0.2, -0.15) is 0 Å². The Bertz CT molecular complexity index is 130. The number of hydrogen-bond acceptors (Lipinski definition) is 2. The van der Waals surface area contributed by atoms with Crippen LogP contribution in [0.2, 0.25) is 0 Å². The number of likely N-dealkylation sites (tertiary alicyclic amines) is 1. The molecule has 1 heterocycles. The molecule has 0 spiro atoms. The van der Waals surface area contributed by atoms with Gasteiger partial charge in [-0.05, 0) is 20.9 Å². The predicted octanol–water partition coefficient (Wildman–Crippen LogP) is 1.06. The molecule has 1 rings (SSSR count). The molecule has 2 nitrogen and oxygen atoms in total. The molecule has 1 fully saturated rings. The summed E-state index contributed by atoms with van der Waals surface area (Å²) in [7, 11) is 2.09. The summed E-state index contributed by atoms with van der Waals surface area (Å²) in [4.78, 5) is 13.3. The molecule has 1 aliphatic rings. The maximum absolute atomic E-state index is 11.0. The van der Waals surface area contributed by atoms with Crippen LogP contribution in [0.25, 0.3) is 0 Å². The number of hydrogen-bond donors (Lipinski definition) is 0. The SMILES string of the molecule is CC1CC(=O)CC(C)N1C. The summed E-state index contributed by atoms with van der Waals surface area (Å²) in [5.74, 6) is 0.415. The van der Waals surface area contributed by atoms with Crippen LogP contribution in [0, 0.1) is 0 Å². The monoisotopic (exact) mass is 141 g/mol. The highest BCUT2D eigenvalue weighted by Crippen LogP contribution is 2.17. The Kier molecular flexibility index (Phi) is 2.09. The number of carbonyl (C=O) groups is 1. The van der Waals surface area contributed by atoms with Gasteiger partial charge < -0.3 is 4.90 Å². The topological polar surface area (TPSA) is 20.3 Å². The molecule has 10 heavy (non-hydrogen) atoms. The molecule has 1 aliphatic heterocycles. The Balaban J connectivity index is 2.57. The summed E-state index contributed by atoms with van der Waals surface area (Å²) < 4.78 is 0. The van der Waals surface area contributed by atoms with Crippen molar-refractivity contribution in [3.05, 3.63) is 0 Å². The van der Waals surface area contributed by atoms with Crippen LogP contribution in [0.3, 0.4) is 0 Å². The molecule has 0 saturated carbocycles. The summed E-state index contributed by atoms with van der Waals surface area (Å²) in [5, 5.41) is 0. The maximum Gasteiger partial charge on any atom is 0.136 e. The number of carbonyl (C=O) groups excluding carboxylic acids is 1. The Hall–Kier alpha value is -0.370. The van der Waals surface area contributed by atoms with Gasteiger partial charge in [0.25, 0.3) is 0 Å². The smallest absolute Gasteiger partial charge is 0.136 e. The molecule has 58 valence electrons. The Morgan fingerprint density at radius 2 is 1.70 bits per heavy atom. The first kappa shape index (κ1) is 7.73. The van der Waals surface area contributed by atoms with Gasteiger partial charge in [-0.3, -0.25) is 4.79 Å². The third kappa shape index (κ3) is 1.37. The second kappa shape index (κ2) is 2.70. The third-order valence-corrected chi connectivity index (χ3v) is 2.44. The summed E-state index contributed by atoms with van der Waals surface area (Å²) >= 11 is 0. The standard InChI is InChI=1S/C8H15NO/c1-6-4-8(10)5-7(2)9(6)3/h6-7H,4-5H2,1-3H3. The molecule has 0 radical (unpaired) electrons. The van der Waals surface area contributed by atoms with Crippen molar-refractivity contribution < 1.29 is 4.79 Å². The van der Waals surface area contributed by atoms with Gasteiger partial charge in [0.1, 0.15) is 5.78 Å². The fraction of sp³-hybridized carbons (Fsp3) is 0.875. The van der Waals surface area contributed by atoms with Gasteiger partial charge in [0, 0.05) is 24.9 Å². The van der Waals surface area contributed by atoms with Crippen LogP contribution in [-0.2, 0) is 4.79 Å². The number of ketones is 1. The van der Waals surface area contributed by atoms with Gasteiger partial charge in [0.2, 0.25) is 0 Å². The van der Waals surface area contributed by atoms with Crippen LogP contribution in [0.1, 0.15) is 26.7 Å². The highest BCUT2D eigenvalue weighted by atomic mass is 16.1. The molecule has 0 bridgehead atoms. The normalized spacial score (nSPS) is 36.5. The van der Waals surface area contributed by atoms with Crippen LogP contribution >= 0.6 is 0 Å². The van der Waals surface area contributed by atoms with E-state index >= 15 is 0 Å². The van der Waals surface area contributed by atoms with E-state index in [1.54, 1.807) is 0 Å². The van der Waals surface area contributed by atoms with Crippen molar-refractivity contribution in [3.8, 4) is 0 Å². The molecule has 0 N–H and O–H groups in total. The quantitative estimate of drug-likeness (QED) is 0.502. The minimum absolute atomic E-state index is 0.415. The Labute approximate surface area is 62.2 Å². The molecule has 0 aromatic carbocycles. The van der Waals surface area contributed by atoms with E-state index in [-0.39, 0.29) is 0 Å². The van der Waals surface area contributed by atoms with Crippen LogP contribution in [0.15, 0.2) is 0 Å². The number of rotatable bonds is 0. The summed E-state index contributed by atoms with van der Waals surface area (Å²) in [6.45, 7) is 4.21. The average molecular weight is 141 g/mol. The highest BCUT2D eigenvalue weighted by Gasteiger charge is 2.25. The fourth-order valence-corrected chi connectivity index (χ4v) is 1.46. The first-order valence-electron chi connectivity index (χ1n) is 3.85. The maximum atomic E-state index is 11.0. The molecule has 2 atom stereocenters. The lowest BCUT2D eigenvalue weighted by Gasteiger charge is -2.34. The third-order valence-electron chi connectivity index (χ3n) is 2.44. The largest absolute Gasteiger partial charge is 0.300 e. The van der Waals surface area contributed by atoms with Crippen molar-refractivity contribution >= 4 is 5.78 Å². The van der Waals surface area contributed by atoms with Crippen LogP contribution in [-0.4, -0.2) is 29.8 Å². The van der Waals surface area contributed by atoms with Gasteiger partial charge in [0.05, 0.1) is 0 Å². The van der Waals surface area contributed by atoms with Crippen molar-refractivity contribution in [1.82, 2.24) is 4.90 Å². The highest BCUT2D eigenvalue weighted by molar-refractivity contribution is 5.80. The van der Waals surface area contributed by atoms with Gasteiger partial charge in [-0.25, -0.2) is 0 Å². The lowest BCUT2D eigenvalue weighted by Crippen LogP contribution is -2.43. The molecule has 2 unspecified atom stereocenters. The van der Waals surface area contributed by atoms with Gasteiger partial charge in [0.15, 0.2) is 0 Å². The minimum atomic E-state index is 0.415. The van der Waals surface area contributed by atoms with Crippen LogP contribution < -0.4 is 0 Å². The van der Waals surface area contributed by atoms with Crippen LogP contribution in [0.5, 0.6) is 0 Å². The lowest BCUT2D eigenvalue weighted by molar-refractivity contribution is -0.124. The average Bonchev–Trinajstić information content (AvgIpc) is 1.82. The molecular weight excluding hydrogens is 126 g/mol. The molecule has 0 amide bonds. The zero-order valence-electron chi connectivity index (χ0n) is 6.92. The lowest BCUT2D eigenvalue weighted by atomic mass is 9.97. The molecule has 0 aliphatic carbocycles. The number of Topliss-reactive ketones (excluding diaryl/α,β-unsaturated/α-hetero) is 1. The molecule has 1 saturated heterocycles. The van der Waals surface area contributed by atoms with E-state index in [0.29, 0.717) is 17.9 Å². The van der Waals surface area contributed by atoms with E-state index < -0.39 is 0 Å². The summed E-state index contributed by atoms with van der Waals surface area (Å²) in [5.41, 5.74) is 0. The number of piperidine rings is 1. The van der Waals surface area contributed by atoms with Crippen LogP contribution in [0.4, 0.5) is 0 Å². The molecule has 0 aromatic rings. The van der Waals surface area contributed by atoms with E-state index in [2.05, 4.69) is 25.8 Å². The van der Waals surface area contributed by atoms with E-state index in [9.17, 15) is 4.79 Å². The number of nitrogens with zero attached hydrogens (tertiary/aromatic N) is 1. The Morgan fingerprint density at radius 3 is 2.10 bits per heavy atom. The fourth-order valence-electron chi connectivity index (χ4n) is 1.46. The zero-order valence-corrected chi connectivity index (χ0v) is 6.92. The van der Waals surface area contributed by atoms with Crippen molar-refractivity contribution in [2.24, 2.45) is 0 Å². The van der Waals surface area contributed by atoms with Gasteiger partial charge in [-0.1, -0.05) is 0 Å². The molecular formula is C8H15NO. The molecule has 0 aromatic heterocycles. The summed E-state index contributed by atoms with van der Waals surface area (Å²) in [6.07, 6.45) is 1.47.